The minimum Gasteiger partial charge on any atom is -0.396 e. The molecule has 4 aromatic heterocycles. The molecule has 9 heteroatoms. The Morgan fingerprint density at radius 3 is 1.78 bits per heavy atom. The summed E-state index contributed by atoms with van der Waals surface area (Å²) in [7, 11) is 0. The van der Waals surface area contributed by atoms with Crippen LogP contribution in [0.25, 0.3) is 33.5 Å². The van der Waals surface area contributed by atoms with Gasteiger partial charge in [0.15, 0.2) is 11.3 Å². The zero-order valence-electron chi connectivity index (χ0n) is 19.8. The summed E-state index contributed by atoms with van der Waals surface area (Å²) in [5, 5.41) is 2.83. The van der Waals surface area contributed by atoms with Crippen molar-refractivity contribution >= 4 is 60.4 Å². The molecule has 2 aromatic carbocycles. The number of carbonyl (C=O) groups excluding carboxylic acids is 1. The van der Waals surface area contributed by atoms with Crippen LogP contribution in [0.3, 0.4) is 0 Å². The van der Waals surface area contributed by atoms with Crippen LogP contribution in [-0.4, -0.2) is 24.7 Å². The van der Waals surface area contributed by atoms with Crippen molar-refractivity contribution in [1.29, 1.82) is 0 Å². The average molecular weight is 618 g/mol. The number of nitrogens with zero attached hydrogens (tertiary/aromatic N) is 4. The van der Waals surface area contributed by atoms with Gasteiger partial charge in [0, 0.05) is 30.4 Å². The molecule has 1 amide bonds. The van der Waals surface area contributed by atoms with Crippen LogP contribution in [0.5, 0.6) is 0 Å². The molecule has 6 rings (SSSR count). The van der Waals surface area contributed by atoms with E-state index in [0.29, 0.717) is 17.0 Å². The van der Waals surface area contributed by atoms with Gasteiger partial charge in [-0.3, -0.25) is 13.6 Å². The zero-order valence-corrected chi connectivity index (χ0v) is 22.9. The van der Waals surface area contributed by atoms with E-state index in [1.165, 1.54) is 6.92 Å². The van der Waals surface area contributed by atoms with Gasteiger partial charge < -0.3 is 11.1 Å². The van der Waals surface area contributed by atoms with Gasteiger partial charge in [0.2, 0.25) is 5.91 Å². The second kappa shape index (κ2) is 10.6. The molecule has 3 N–H and O–H groups in total. The summed E-state index contributed by atoms with van der Waals surface area (Å²) in [5.41, 5.74) is 13.2. The van der Waals surface area contributed by atoms with Gasteiger partial charge in [-0.2, -0.15) is 0 Å². The zero-order chi connectivity index (χ0) is 25.9. The minimum atomic E-state index is -0.115. The number of carbonyl (C=O) groups is 1. The van der Waals surface area contributed by atoms with Crippen molar-refractivity contribution < 1.29 is 4.79 Å². The van der Waals surface area contributed by atoms with Crippen molar-refractivity contribution in [3.05, 3.63) is 107 Å². The van der Waals surface area contributed by atoms with Crippen LogP contribution in [0, 0.1) is 0 Å². The number of aromatic nitrogens is 4. The molecule has 7 nitrogen and oxygen atoms in total. The highest BCUT2D eigenvalue weighted by molar-refractivity contribution is 9.10. The highest BCUT2D eigenvalue weighted by atomic mass is 79.9. The molecular formula is C28H22Br2N6O. The molecule has 184 valence electrons. The van der Waals surface area contributed by atoms with Crippen LogP contribution in [-0.2, 0) is 4.79 Å². The van der Waals surface area contributed by atoms with E-state index in [4.69, 9.17) is 5.73 Å². The molecular weight excluding hydrogens is 596 g/mol. The fraction of sp³-hybridized carbons (Fsp3) is 0.0357. The Labute approximate surface area is 230 Å². The standard InChI is InChI=1S/C15H12BrN3O.C13H10BrN3/c1-10(20)18-13-7-12(11-5-3-2-4-6-11)9-19-14(16)8-17-15(13)19;14-12-7-16-13-11(15)6-10(8-17(12)13)9-4-2-1-3-5-9/h2-9H,1H3,(H,18,20);1-8H,15H2. The number of nitrogens with two attached hydrogens (primary N) is 1. The van der Waals surface area contributed by atoms with E-state index in [-0.39, 0.29) is 5.91 Å². The Kier molecular flexibility index (Phi) is 7.07. The third-order valence-corrected chi connectivity index (χ3v) is 6.85. The number of nitrogens with one attached hydrogen (secondary N) is 1. The van der Waals surface area contributed by atoms with Gasteiger partial charge in [0.25, 0.3) is 0 Å². The first kappa shape index (κ1) is 24.7. The molecule has 0 spiro atoms. The Balaban J connectivity index is 0.000000153. The van der Waals surface area contributed by atoms with Crippen molar-refractivity contribution in [2.24, 2.45) is 0 Å². The molecule has 0 unspecified atom stereocenters. The van der Waals surface area contributed by atoms with Gasteiger partial charge in [-0.15, -0.1) is 0 Å². The number of hydrogen-bond donors (Lipinski definition) is 2. The van der Waals surface area contributed by atoms with Crippen LogP contribution < -0.4 is 11.1 Å². The van der Waals surface area contributed by atoms with Gasteiger partial charge in [0.1, 0.15) is 9.21 Å². The van der Waals surface area contributed by atoms with E-state index in [9.17, 15) is 4.79 Å². The first-order chi connectivity index (χ1) is 17.9. The van der Waals surface area contributed by atoms with E-state index in [0.717, 1.165) is 37.1 Å². The molecule has 6 aromatic rings. The van der Waals surface area contributed by atoms with Crippen LogP contribution in [0.1, 0.15) is 6.92 Å². The predicted molar refractivity (Wildman–Crippen MR) is 155 cm³/mol. The monoisotopic (exact) mass is 616 g/mol. The molecule has 0 aliphatic heterocycles. The SMILES string of the molecule is CC(=O)Nc1cc(-c2ccccc2)cn2c(Br)cnc12.Nc1cc(-c2ccccc2)cn2c(Br)cnc12. The van der Waals surface area contributed by atoms with Crippen molar-refractivity contribution in [1.82, 2.24) is 18.8 Å². The van der Waals surface area contributed by atoms with Crippen LogP contribution in [0.15, 0.2) is 107 Å². The van der Waals surface area contributed by atoms with Crippen LogP contribution >= 0.6 is 31.9 Å². The number of amides is 1. The largest absolute Gasteiger partial charge is 0.396 e. The number of benzene rings is 2. The highest BCUT2D eigenvalue weighted by Gasteiger charge is 2.11. The number of hydrogen-bond acceptors (Lipinski definition) is 4. The molecule has 0 radical (unpaired) electrons. The number of halogens is 2. The van der Waals surface area contributed by atoms with Gasteiger partial charge in [-0.25, -0.2) is 9.97 Å². The van der Waals surface area contributed by atoms with Crippen molar-refractivity contribution in [3.8, 4) is 22.3 Å². The van der Waals surface area contributed by atoms with Gasteiger partial charge >= 0.3 is 0 Å². The lowest BCUT2D eigenvalue weighted by Gasteiger charge is -2.09. The molecule has 0 bridgehead atoms. The summed E-state index contributed by atoms with van der Waals surface area (Å²) in [6.45, 7) is 1.49. The van der Waals surface area contributed by atoms with E-state index in [1.807, 2.05) is 81.9 Å². The molecule has 4 heterocycles. The minimum absolute atomic E-state index is 0.115. The summed E-state index contributed by atoms with van der Waals surface area (Å²) in [6, 6.07) is 24.0. The smallest absolute Gasteiger partial charge is 0.221 e. The van der Waals surface area contributed by atoms with E-state index in [1.54, 1.807) is 12.4 Å². The van der Waals surface area contributed by atoms with Gasteiger partial charge in [0.05, 0.1) is 23.8 Å². The number of pyridine rings is 2. The lowest BCUT2D eigenvalue weighted by molar-refractivity contribution is -0.114. The number of rotatable bonds is 3. The summed E-state index contributed by atoms with van der Waals surface area (Å²) in [5.74, 6) is -0.115. The lowest BCUT2D eigenvalue weighted by atomic mass is 10.1. The Bertz CT molecular complexity index is 1710. The third kappa shape index (κ3) is 5.28. The highest BCUT2D eigenvalue weighted by Crippen LogP contribution is 2.28. The van der Waals surface area contributed by atoms with Gasteiger partial charge in [-0.1, -0.05) is 60.7 Å². The topological polar surface area (TPSA) is 89.7 Å². The van der Waals surface area contributed by atoms with Gasteiger partial charge in [-0.05, 0) is 55.1 Å². The van der Waals surface area contributed by atoms with Crippen molar-refractivity contribution in [3.63, 3.8) is 0 Å². The maximum Gasteiger partial charge on any atom is 0.221 e. The molecule has 0 aliphatic rings. The quantitative estimate of drug-likeness (QED) is 0.222. The Hall–Kier alpha value is -3.95. The molecule has 0 saturated heterocycles. The summed E-state index contributed by atoms with van der Waals surface area (Å²) in [4.78, 5) is 19.9. The Morgan fingerprint density at radius 2 is 1.24 bits per heavy atom. The maximum absolute atomic E-state index is 11.4. The predicted octanol–water partition coefficient (Wildman–Crippen LogP) is 7.07. The first-order valence-corrected chi connectivity index (χ1v) is 13.0. The third-order valence-electron chi connectivity index (χ3n) is 5.67. The fourth-order valence-electron chi connectivity index (χ4n) is 4.00. The molecule has 0 fully saturated rings. The number of fused-ring (bicyclic) bond motifs is 2. The van der Waals surface area contributed by atoms with E-state index >= 15 is 0 Å². The summed E-state index contributed by atoms with van der Waals surface area (Å²) >= 11 is 6.91. The second-order valence-corrected chi connectivity index (χ2v) is 9.91. The second-order valence-electron chi connectivity index (χ2n) is 8.29. The Morgan fingerprint density at radius 1 is 0.757 bits per heavy atom. The van der Waals surface area contributed by atoms with E-state index < -0.39 is 0 Å². The summed E-state index contributed by atoms with van der Waals surface area (Å²) in [6.07, 6.45) is 7.49. The molecule has 0 atom stereocenters. The van der Waals surface area contributed by atoms with E-state index in [2.05, 4.69) is 59.3 Å². The van der Waals surface area contributed by atoms with Crippen LogP contribution in [0.4, 0.5) is 11.4 Å². The average Bonchev–Trinajstić information content (AvgIpc) is 3.48. The molecule has 0 aliphatic carbocycles. The lowest BCUT2D eigenvalue weighted by Crippen LogP contribution is -2.07. The van der Waals surface area contributed by atoms with Crippen molar-refractivity contribution in [2.75, 3.05) is 11.1 Å². The molecule has 0 saturated carbocycles. The van der Waals surface area contributed by atoms with Crippen LogP contribution in [0.2, 0.25) is 0 Å². The number of imidazole rings is 2. The fourth-order valence-corrected chi connectivity index (χ4v) is 4.75. The maximum atomic E-state index is 11.4. The number of anilines is 2. The molecule has 37 heavy (non-hydrogen) atoms. The van der Waals surface area contributed by atoms with Crippen molar-refractivity contribution in [2.45, 2.75) is 6.92 Å². The first-order valence-electron chi connectivity index (χ1n) is 11.4. The normalized spacial score (nSPS) is 10.8. The number of nitrogen functional groups attached to an aromatic ring is 1. The summed E-state index contributed by atoms with van der Waals surface area (Å²) < 4.78 is 5.60.